The maximum atomic E-state index is 13.8. The highest BCUT2D eigenvalue weighted by Gasteiger charge is 2.34. The lowest BCUT2D eigenvalue weighted by molar-refractivity contribution is -0.138. The van der Waals surface area contributed by atoms with Gasteiger partial charge in [0.2, 0.25) is 6.43 Å². The number of benzene rings is 3. The minimum atomic E-state index is -4.48. The Morgan fingerprint density at radius 3 is 2.39 bits per heavy atom. The molecule has 8 heteroatoms. The van der Waals surface area contributed by atoms with Gasteiger partial charge in [0.25, 0.3) is 0 Å². The molecule has 0 atom stereocenters. The first-order valence-corrected chi connectivity index (χ1v) is 13.6. The SMILES string of the molecule is Cc1c(C2=C(c3ccc(C=C4CN(CCC(F)F)C4)cc3)c3ccc(C(=O)O)cc3CCC2)cccc1C(F)(F)F. The number of halogens is 5. The lowest BCUT2D eigenvalue weighted by atomic mass is 9.85. The largest absolute Gasteiger partial charge is 0.478 e. The zero-order chi connectivity index (χ0) is 29.3. The van der Waals surface area contributed by atoms with Gasteiger partial charge in [-0.1, -0.05) is 48.5 Å². The van der Waals surface area contributed by atoms with Crippen LogP contribution in [-0.2, 0) is 12.6 Å². The van der Waals surface area contributed by atoms with Gasteiger partial charge in [0.05, 0.1) is 11.1 Å². The van der Waals surface area contributed by atoms with Crippen LogP contribution in [-0.4, -0.2) is 42.0 Å². The predicted molar refractivity (Wildman–Crippen MR) is 150 cm³/mol. The van der Waals surface area contributed by atoms with Crippen molar-refractivity contribution in [3.05, 3.63) is 111 Å². The number of likely N-dealkylation sites (tertiary alicyclic amines) is 1. The molecule has 41 heavy (non-hydrogen) atoms. The van der Waals surface area contributed by atoms with Crippen LogP contribution in [0.25, 0.3) is 17.2 Å². The molecule has 5 rings (SSSR count). The zero-order valence-electron chi connectivity index (χ0n) is 22.6. The molecule has 0 amide bonds. The van der Waals surface area contributed by atoms with E-state index in [-0.39, 0.29) is 17.5 Å². The third-order valence-corrected chi connectivity index (χ3v) is 7.85. The molecule has 3 aromatic rings. The summed E-state index contributed by atoms with van der Waals surface area (Å²) < 4.78 is 66.4. The molecule has 0 saturated carbocycles. The maximum absolute atomic E-state index is 13.8. The Labute approximate surface area is 235 Å². The molecule has 2 aliphatic rings. The van der Waals surface area contributed by atoms with Gasteiger partial charge in [-0.15, -0.1) is 0 Å². The quantitative estimate of drug-likeness (QED) is 0.292. The number of rotatable bonds is 7. The topological polar surface area (TPSA) is 40.5 Å². The number of hydrogen-bond acceptors (Lipinski definition) is 2. The fraction of sp³-hybridized carbons (Fsp3) is 0.303. The van der Waals surface area contributed by atoms with Gasteiger partial charge in [-0.3, -0.25) is 4.90 Å². The van der Waals surface area contributed by atoms with Gasteiger partial charge in [0.15, 0.2) is 0 Å². The molecule has 0 unspecified atom stereocenters. The molecular formula is C33H30F5NO2. The number of carbonyl (C=O) groups is 1. The summed E-state index contributed by atoms with van der Waals surface area (Å²) in [6, 6.07) is 17.0. The Morgan fingerprint density at radius 2 is 1.73 bits per heavy atom. The van der Waals surface area contributed by atoms with Crippen molar-refractivity contribution in [2.75, 3.05) is 19.6 Å². The van der Waals surface area contributed by atoms with Crippen LogP contribution in [0.1, 0.15) is 68.6 Å². The standard InChI is InChI=1S/C33H30F5NO2/c1-20-26(5-3-7-29(20)33(36,37)38)28-6-2-4-24-17-25(32(40)41)12-13-27(24)31(28)23-10-8-21(9-11-23)16-22-18-39(19-22)15-14-30(34)35/h3,5,7-13,16-17,30H,2,4,6,14-15,18-19H2,1H3,(H,40,41). The van der Waals surface area contributed by atoms with E-state index in [2.05, 4.69) is 0 Å². The number of carboxylic acid groups (broad SMARTS) is 1. The highest BCUT2D eigenvalue weighted by Crippen LogP contribution is 2.43. The van der Waals surface area contributed by atoms with Gasteiger partial charge >= 0.3 is 12.1 Å². The van der Waals surface area contributed by atoms with Crippen LogP contribution in [0.2, 0.25) is 0 Å². The number of aryl methyl sites for hydroxylation is 1. The Balaban J connectivity index is 1.57. The summed E-state index contributed by atoms with van der Waals surface area (Å²) in [5, 5.41) is 9.55. The molecule has 0 spiro atoms. The first kappa shape index (κ1) is 28.7. The number of alkyl halides is 5. The second-order valence-electron chi connectivity index (χ2n) is 10.7. The molecule has 1 aliphatic heterocycles. The smallest absolute Gasteiger partial charge is 0.416 e. The molecule has 1 heterocycles. The molecule has 0 aromatic heterocycles. The van der Waals surface area contributed by atoms with Gasteiger partial charge in [0.1, 0.15) is 0 Å². The molecule has 3 aromatic carbocycles. The van der Waals surface area contributed by atoms with Crippen LogP contribution in [0.5, 0.6) is 0 Å². The summed E-state index contributed by atoms with van der Waals surface area (Å²) in [5.41, 5.74) is 6.41. The Hall–Kier alpha value is -3.78. The van der Waals surface area contributed by atoms with Gasteiger partial charge < -0.3 is 5.11 Å². The first-order valence-electron chi connectivity index (χ1n) is 13.6. The highest BCUT2D eigenvalue weighted by atomic mass is 19.4. The summed E-state index contributed by atoms with van der Waals surface area (Å²) in [6.45, 7) is 3.17. The van der Waals surface area contributed by atoms with E-state index in [1.54, 1.807) is 18.2 Å². The third kappa shape index (κ3) is 6.27. The van der Waals surface area contributed by atoms with E-state index in [0.29, 0.717) is 44.5 Å². The number of hydrogen-bond donors (Lipinski definition) is 1. The van der Waals surface area contributed by atoms with E-state index in [9.17, 15) is 31.9 Å². The minimum absolute atomic E-state index is 0.139. The number of allylic oxidation sites excluding steroid dienone is 1. The van der Waals surface area contributed by atoms with Crippen molar-refractivity contribution in [2.24, 2.45) is 0 Å². The minimum Gasteiger partial charge on any atom is -0.478 e. The third-order valence-electron chi connectivity index (χ3n) is 7.85. The summed E-state index contributed by atoms with van der Waals surface area (Å²) in [4.78, 5) is 13.6. The van der Waals surface area contributed by atoms with Crippen molar-refractivity contribution in [3.63, 3.8) is 0 Å². The maximum Gasteiger partial charge on any atom is 0.416 e. The van der Waals surface area contributed by atoms with Crippen LogP contribution in [0, 0.1) is 6.92 Å². The summed E-state index contributed by atoms with van der Waals surface area (Å²) in [7, 11) is 0. The second-order valence-corrected chi connectivity index (χ2v) is 10.7. The van der Waals surface area contributed by atoms with E-state index in [1.165, 1.54) is 19.1 Å². The highest BCUT2D eigenvalue weighted by molar-refractivity contribution is 6.01. The average Bonchev–Trinajstić information content (AvgIpc) is 3.08. The number of nitrogens with zero attached hydrogens (tertiary/aromatic N) is 1. The van der Waals surface area contributed by atoms with Crippen LogP contribution in [0.4, 0.5) is 22.0 Å². The van der Waals surface area contributed by atoms with Crippen molar-refractivity contribution in [2.45, 2.75) is 45.2 Å². The Morgan fingerprint density at radius 1 is 1.00 bits per heavy atom. The van der Waals surface area contributed by atoms with E-state index < -0.39 is 24.1 Å². The van der Waals surface area contributed by atoms with Crippen molar-refractivity contribution in [1.29, 1.82) is 0 Å². The van der Waals surface area contributed by atoms with Crippen LogP contribution < -0.4 is 0 Å². The van der Waals surface area contributed by atoms with Crippen molar-refractivity contribution in [1.82, 2.24) is 4.90 Å². The van der Waals surface area contributed by atoms with Gasteiger partial charge in [-0.25, -0.2) is 13.6 Å². The van der Waals surface area contributed by atoms with Crippen LogP contribution in [0.3, 0.4) is 0 Å². The molecule has 3 nitrogen and oxygen atoms in total. The summed E-state index contributed by atoms with van der Waals surface area (Å²) >= 11 is 0. The van der Waals surface area contributed by atoms with Gasteiger partial charge in [-0.05, 0) is 94.5 Å². The molecule has 1 saturated heterocycles. The van der Waals surface area contributed by atoms with Crippen molar-refractivity contribution < 1.29 is 31.9 Å². The van der Waals surface area contributed by atoms with E-state index in [0.717, 1.165) is 45.0 Å². The average molecular weight is 568 g/mol. The zero-order valence-corrected chi connectivity index (χ0v) is 22.6. The molecule has 0 bridgehead atoms. The number of fused-ring (bicyclic) bond motifs is 1. The Kier molecular flexibility index (Phi) is 8.13. The van der Waals surface area contributed by atoms with Crippen LogP contribution in [0.15, 0.2) is 66.2 Å². The summed E-state index contributed by atoms with van der Waals surface area (Å²) in [5.74, 6) is -1.03. The fourth-order valence-corrected chi connectivity index (χ4v) is 5.83. The van der Waals surface area contributed by atoms with Gasteiger partial charge in [0, 0.05) is 26.1 Å². The normalized spacial score (nSPS) is 15.9. The monoisotopic (exact) mass is 567 g/mol. The summed E-state index contributed by atoms with van der Waals surface area (Å²) in [6.07, 6.45) is -3.08. The van der Waals surface area contributed by atoms with E-state index in [4.69, 9.17) is 0 Å². The molecule has 214 valence electrons. The first-order chi connectivity index (χ1) is 19.5. The lowest BCUT2D eigenvalue weighted by Gasteiger charge is -2.34. The molecule has 0 radical (unpaired) electrons. The fourth-order valence-electron chi connectivity index (χ4n) is 5.83. The molecule has 1 fully saturated rings. The lowest BCUT2D eigenvalue weighted by Crippen LogP contribution is -2.40. The molecular weight excluding hydrogens is 537 g/mol. The molecule has 1 N–H and O–H groups in total. The van der Waals surface area contributed by atoms with Crippen molar-refractivity contribution in [3.8, 4) is 0 Å². The van der Waals surface area contributed by atoms with Crippen LogP contribution >= 0.6 is 0 Å². The van der Waals surface area contributed by atoms with E-state index >= 15 is 0 Å². The van der Waals surface area contributed by atoms with Gasteiger partial charge in [-0.2, -0.15) is 13.2 Å². The predicted octanol–water partition coefficient (Wildman–Crippen LogP) is 8.36. The number of aromatic carboxylic acids is 1. The number of carboxylic acids is 1. The Bertz CT molecular complexity index is 1510. The molecule has 1 aliphatic carbocycles. The van der Waals surface area contributed by atoms with Crippen molar-refractivity contribution >= 4 is 23.2 Å². The second kappa shape index (κ2) is 11.6. The van der Waals surface area contributed by atoms with E-state index in [1.807, 2.05) is 35.2 Å².